The van der Waals surface area contributed by atoms with Crippen LogP contribution in [0.25, 0.3) is 0 Å². The SMILES string of the molecule is CN=C(NC)NCCC[C@H](NC(=O)CNC(=O)[C@H](CCCN=C(N)N)NC(=O)CNC(=O)[C@H](CCCN=C(N)N)NC(=O)[C@H](C)NC(=O)[C@H](C)NC(=O)[C@@H](N)C(C)C)C(=O)NCC(=O)N[C@@H](CCSC)C(=O)NCC(=O)N[C@@H](CCCN=C(N)N)C(=O)NCC(=O)N[C@@H](CCCCN)C(=O)O. The van der Waals surface area contributed by atoms with Gasteiger partial charge in [0.2, 0.25) is 76.8 Å². The van der Waals surface area contributed by atoms with E-state index < -0.39 is 170 Å². The quantitative estimate of drug-likeness (QED) is 0.0153. The molecule has 42 nitrogen and oxygen atoms in total. The number of thioether (sulfide) groups is 1. The molecule has 43 heteroatoms. The summed E-state index contributed by atoms with van der Waals surface area (Å²) in [7, 11) is 3.14. The van der Waals surface area contributed by atoms with E-state index in [4.69, 9.17) is 45.9 Å². The van der Waals surface area contributed by atoms with Crippen molar-refractivity contribution in [3.8, 4) is 0 Å². The van der Waals surface area contributed by atoms with Gasteiger partial charge in [0.15, 0.2) is 23.8 Å². The second-order valence-electron chi connectivity index (χ2n) is 23.1. The van der Waals surface area contributed by atoms with Gasteiger partial charge < -0.3 is 131 Å². The number of guanidine groups is 4. The number of rotatable bonds is 51. The molecular weight excluding hydrogens is 1350 g/mol. The summed E-state index contributed by atoms with van der Waals surface area (Å²) >= 11 is 1.33. The summed E-state index contributed by atoms with van der Waals surface area (Å²) in [5, 5.41) is 47.2. The van der Waals surface area contributed by atoms with Crippen molar-refractivity contribution in [2.75, 3.05) is 91.6 Å². The number of amides is 13. The Bertz CT molecular complexity index is 2840. The molecule has 0 fully saturated rings. The van der Waals surface area contributed by atoms with Crippen molar-refractivity contribution in [2.24, 2.45) is 71.8 Å². The van der Waals surface area contributed by atoms with E-state index in [9.17, 15) is 72.2 Å². The number of aliphatic imine (C=N–C) groups is 4. The third-order valence-electron chi connectivity index (χ3n) is 14.3. The highest BCUT2D eigenvalue weighted by Gasteiger charge is 2.31. The van der Waals surface area contributed by atoms with Crippen molar-refractivity contribution in [3.63, 3.8) is 0 Å². The highest BCUT2D eigenvalue weighted by molar-refractivity contribution is 7.98. The lowest BCUT2D eigenvalue weighted by atomic mass is 10.0. The van der Waals surface area contributed by atoms with Gasteiger partial charge in [-0.15, -0.1) is 0 Å². The Labute approximate surface area is 590 Å². The van der Waals surface area contributed by atoms with Crippen LogP contribution in [-0.2, 0) is 67.1 Å². The molecule has 0 aliphatic carbocycles. The Morgan fingerprint density at radius 1 is 0.406 bits per heavy atom. The first kappa shape index (κ1) is 90.9. The standard InChI is InChI=1S/C58H109N27O15S/c1-31(2)45(60)53(98)79-32(3)46(91)78-33(4)47(92)85-37(18-12-23-71-57(65)66)51(96)76-27-41(87)80-34(15-10-21-69-55(61)62)48(93)73-26-40(86)82-36(17-13-24-72-58(67-5)68-6)50(95)74-29-43(89)83-38(19-25-101-7)52(97)77-28-42(88)81-35(16-11-22-70-56(63)64)49(94)75-30-44(90)84-39(54(99)100)14-8-9-20-59/h31-39,45H,8-30,59-60H2,1-7H3,(H,73,93)(H,74,95)(H,75,94)(H,76,96)(H,77,97)(H,78,91)(H,79,98)(H,80,87)(H,81,88)(H,82,86)(H,83,89)(H,84,90)(H,85,92)(H,99,100)(H4,61,62,69)(H4,63,64,70)(H4,65,66,71)(H2,67,68,72)/t32-,33-,34-,35-,36-,37-,38-,39-,45-/m0/s1. The van der Waals surface area contributed by atoms with Gasteiger partial charge in [0.05, 0.1) is 38.8 Å². The Morgan fingerprint density at radius 3 is 1.04 bits per heavy atom. The van der Waals surface area contributed by atoms with Crippen molar-refractivity contribution in [1.82, 2.24) is 79.8 Å². The number of nitrogens with one attached hydrogen (secondary N) is 15. The van der Waals surface area contributed by atoms with E-state index in [0.29, 0.717) is 31.1 Å². The molecule has 101 heavy (non-hydrogen) atoms. The van der Waals surface area contributed by atoms with Crippen LogP contribution in [-0.4, -0.2) is 258 Å². The fraction of sp³-hybridized carbons (Fsp3) is 0.690. The molecule has 0 saturated carbocycles. The van der Waals surface area contributed by atoms with E-state index >= 15 is 0 Å². The maximum absolute atomic E-state index is 13.8. The predicted octanol–water partition coefficient (Wildman–Crippen LogP) is -10.8. The van der Waals surface area contributed by atoms with E-state index in [1.54, 1.807) is 27.2 Å². The molecule has 0 bridgehead atoms. The van der Waals surface area contributed by atoms with Crippen LogP contribution >= 0.6 is 11.8 Å². The second-order valence-corrected chi connectivity index (χ2v) is 24.1. The lowest BCUT2D eigenvalue weighted by Gasteiger charge is -2.23. The molecule has 572 valence electrons. The lowest BCUT2D eigenvalue weighted by molar-refractivity contribution is -0.142. The maximum atomic E-state index is 13.8. The molecule has 0 saturated heterocycles. The van der Waals surface area contributed by atoms with Gasteiger partial charge in [-0.2, -0.15) is 11.8 Å². The van der Waals surface area contributed by atoms with Gasteiger partial charge in [-0.1, -0.05) is 13.8 Å². The number of unbranched alkanes of at least 4 members (excludes halogenated alkanes) is 1. The smallest absolute Gasteiger partial charge is 0.326 e. The van der Waals surface area contributed by atoms with Crippen LogP contribution in [0.15, 0.2) is 20.0 Å². The van der Waals surface area contributed by atoms with Gasteiger partial charge in [-0.3, -0.25) is 82.3 Å². The number of nitrogens with zero attached hydrogens (tertiary/aromatic N) is 4. The number of hydrogen-bond donors (Lipinski definition) is 24. The summed E-state index contributed by atoms with van der Waals surface area (Å²) < 4.78 is 0. The van der Waals surface area contributed by atoms with Gasteiger partial charge in [0.25, 0.3) is 0 Å². The predicted molar refractivity (Wildman–Crippen MR) is 378 cm³/mol. The van der Waals surface area contributed by atoms with E-state index in [1.807, 2.05) is 0 Å². The number of carbonyl (C=O) groups is 14. The van der Waals surface area contributed by atoms with E-state index in [2.05, 4.69) is 99.7 Å². The summed E-state index contributed by atoms with van der Waals surface area (Å²) in [5.41, 5.74) is 44.0. The molecule has 13 amide bonds. The maximum Gasteiger partial charge on any atom is 0.326 e. The molecule has 0 spiro atoms. The first-order valence-corrected chi connectivity index (χ1v) is 34.1. The number of hydrogen-bond acceptors (Lipinski definition) is 21. The fourth-order valence-electron chi connectivity index (χ4n) is 8.69. The van der Waals surface area contributed by atoms with Crippen molar-refractivity contribution in [2.45, 2.75) is 159 Å². The molecule has 0 aromatic heterocycles. The van der Waals surface area contributed by atoms with Crippen LogP contribution < -0.4 is 126 Å². The Kier molecular flexibility index (Phi) is 46.8. The first-order valence-electron chi connectivity index (χ1n) is 32.7. The topological polar surface area (TPSA) is 697 Å². The molecule has 0 aliphatic heterocycles. The molecule has 0 aromatic carbocycles. The van der Waals surface area contributed by atoms with E-state index in [0.717, 1.165) is 0 Å². The monoisotopic (exact) mass is 1460 g/mol. The molecular formula is C58H109N27O15S. The summed E-state index contributed by atoms with van der Waals surface area (Å²) in [5.74, 6) is -12.2. The molecule has 9 atom stereocenters. The molecule has 0 heterocycles. The van der Waals surface area contributed by atoms with Crippen LogP contribution in [0.3, 0.4) is 0 Å². The van der Waals surface area contributed by atoms with Crippen LogP contribution in [0, 0.1) is 5.92 Å². The number of aliphatic carboxylic acids is 1. The minimum atomic E-state index is -1.38. The van der Waals surface area contributed by atoms with Gasteiger partial charge in [0, 0.05) is 40.3 Å². The van der Waals surface area contributed by atoms with Crippen LogP contribution in [0.2, 0.25) is 0 Å². The van der Waals surface area contributed by atoms with Crippen molar-refractivity contribution in [1.29, 1.82) is 0 Å². The van der Waals surface area contributed by atoms with Crippen LogP contribution in [0.4, 0.5) is 0 Å². The Morgan fingerprint density at radius 2 is 0.723 bits per heavy atom. The molecule has 0 aliphatic rings. The van der Waals surface area contributed by atoms with Crippen LogP contribution in [0.1, 0.15) is 105 Å². The van der Waals surface area contributed by atoms with Crippen LogP contribution in [0.5, 0.6) is 0 Å². The second kappa shape index (κ2) is 52.0. The molecule has 0 rings (SSSR count). The molecule has 0 aromatic rings. The average molecular weight is 1460 g/mol. The van der Waals surface area contributed by atoms with Gasteiger partial charge in [-0.05, 0) is 115 Å². The average Bonchev–Trinajstić information content (AvgIpc) is 0.907. The summed E-state index contributed by atoms with van der Waals surface area (Å²) in [6.45, 7) is 3.27. The number of carboxylic acids is 1. The summed E-state index contributed by atoms with van der Waals surface area (Å²) in [6, 6.07) is -11.1. The lowest BCUT2D eigenvalue weighted by Crippen LogP contribution is -2.57. The zero-order chi connectivity index (χ0) is 76.6. The van der Waals surface area contributed by atoms with Gasteiger partial charge in [-0.25, -0.2) is 4.79 Å². The van der Waals surface area contributed by atoms with E-state index in [-0.39, 0.29) is 114 Å². The zero-order valence-corrected chi connectivity index (χ0v) is 59.3. The highest BCUT2D eigenvalue weighted by Crippen LogP contribution is 2.07. The van der Waals surface area contributed by atoms with E-state index in [1.165, 1.54) is 32.7 Å². The minimum absolute atomic E-state index is 0.00611. The summed E-state index contributed by atoms with van der Waals surface area (Å²) in [4.78, 5) is 200. The zero-order valence-electron chi connectivity index (χ0n) is 58.5. The Hall–Kier alpha value is -10.1. The molecule has 0 unspecified atom stereocenters. The van der Waals surface area contributed by atoms with Crippen molar-refractivity contribution >= 4 is 118 Å². The number of carboxylic acid groups (broad SMARTS) is 1. The molecule has 32 N–H and O–H groups in total. The third-order valence-corrected chi connectivity index (χ3v) is 15.0. The highest BCUT2D eigenvalue weighted by atomic mass is 32.2. The van der Waals surface area contributed by atoms with Gasteiger partial charge >= 0.3 is 5.97 Å². The number of nitrogens with two attached hydrogens (primary N) is 8. The minimum Gasteiger partial charge on any atom is -0.480 e. The van der Waals surface area contributed by atoms with Crippen molar-refractivity contribution < 1.29 is 72.2 Å². The normalized spacial score (nSPS) is 13.6. The number of carbonyl (C=O) groups excluding carboxylic acids is 13. The van der Waals surface area contributed by atoms with Crippen molar-refractivity contribution in [3.05, 3.63) is 0 Å². The van der Waals surface area contributed by atoms with Gasteiger partial charge in [0.1, 0.15) is 48.3 Å². The Balaban J connectivity index is 6.26. The fourth-order valence-corrected chi connectivity index (χ4v) is 9.16. The molecule has 0 radical (unpaired) electrons. The first-order chi connectivity index (χ1) is 47.7. The summed E-state index contributed by atoms with van der Waals surface area (Å²) in [6.07, 6.45) is 3.22. The third kappa shape index (κ3) is 42.5. The largest absolute Gasteiger partial charge is 0.480 e.